The minimum Gasteiger partial charge on any atom is -0.372 e. The SMILES string of the molecule is CCN(CC)c1ccc(CC(C)N)cc1. The van der Waals surface area contributed by atoms with Crippen molar-refractivity contribution in [2.24, 2.45) is 5.73 Å². The van der Waals surface area contributed by atoms with E-state index in [1.807, 2.05) is 6.92 Å². The average molecular weight is 206 g/mol. The molecule has 84 valence electrons. The molecule has 0 saturated carbocycles. The van der Waals surface area contributed by atoms with Gasteiger partial charge in [-0.3, -0.25) is 0 Å². The topological polar surface area (TPSA) is 29.3 Å². The molecule has 0 aliphatic carbocycles. The van der Waals surface area contributed by atoms with Crippen molar-refractivity contribution >= 4 is 5.69 Å². The second kappa shape index (κ2) is 5.76. The van der Waals surface area contributed by atoms with Gasteiger partial charge in [0.25, 0.3) is 0 Å². The van der Waals surface area contributed by atoms with Gasteiger partial charge in [-0.25, -0.2) is 0 Å². The first-order chi connectivity index (χ1) is 7.17. The molecule has 1 aromatic rings. The van der Waals surface area contributed by atoms with Gasteiger partial charge in [-0.1, -0.05) is 12.1 Å². The number of anilines is 1. The van der Waals surface area contributed by atoms with Crippen molar-refractivity contribution in [1.29, 1.82) is 0 Å². The van der Waals surface area contributed by atoms with Crippen LogP contribution in [0, 0.1) is 0 Å². The van der Waals surface area contributed by atoms with E-state index in [1.165, 1.54) is 11.3 Å². The third-order valence-corrected chi connectivity index (χ3v) is 2.62. The normalized spacial score (nSPS) is 12.5. The first-order valence-corrected chi connectivity index (χ1v) is 5.76. The zero-order chi connectivity index (χ0) is 11.3. The summed E-state index contributed by atoms with van der Waals surface area (Å²) in [5.74, 6) is 0. The summed E-state index contributed by atoms with van der Waals surface area (Å²) in [5, 5.41) is 0. The molecule has 0 heterocycles. The molecular weight excluding hydrogens is 184 g/mol. The van der Waals surface area contributed by atoms with E-state index in [1.54, 1.807) is 0 Å². The van der Waals surface area contributed by atoms with E-state index in [0.717, 1.165) is 19.5 Å². The second-order valence-electron chi connectivity index (χ2n) is 4.02. The van der Waals surface area contributed by atoms with Gasteiger partial charge in [-0.05, 0) is 44.9 Å². The lowest BCUT2D eigenvalue weighted by atomic mass is 10.1. The molecule has 0 amide bonds. The van der Waals surface area contributed by atoms with Gasteiger partial charge in [0.15, 0.2) is 0 Å². The van der Waals surface area contributed by atoms with E-state index in [-0.39, 0.29) is 6.04 Å². The van der Waals surface area contributed by atoms with E-state index in [0.29, 0.717) is 0 Å². The molecule has 2 nitrogen and oxygen atoms in total. The van der Waals surface area contributed by atoms with Crippen LogP contribution in [-0.2, 0) is 6.42 Å². The maximum atomic E-state index is 5.76. The molecule has 2 N–H and O–H groups in total. The van der Waals surface area contributed by atoms with Crippen LogP contribution >= 0.6 is 0 Å². The number of hydrogen-bond donors (Lipinski definition) is 1. The van der Waals surface area contributed by atoms with E-state index < -0.39 is 0 Å². The molecule has 0 aliphatic heterocycles. The van der Waals surface area contributed by atoms with Crippen molar-refractivity contribution < 1.29 is 0 Å². The quantitative estimate of drug-likeness (QED) is 0.801. The summed E-state index contributed by atoms with van der Waals surface area (Å²) in [5.41, 5.74) is 8.38. The first kappa shape index (κ1) is 12.1. The highest BCUT2D eigenvalue weighted by Gasteiger charge is 2.02. The molecule has 1 aromatic carbocycles. The van der Waals surface area contributed by atoms with Gasteiger partial charge < -0.3 is 10.6 Å². The number of nitrogens with two attached hydrogens (primary N) is 1. The monoisotopic (exact) mass is 206 g/mol. The van der Waals surface area contributed by atoms with E-state index in [4.69, 9.17) is 5.73 Å². The predicted octanol–water partition coefficient (Wildman–Crippen LogP) is 2.42. The molecule has 1 unspecified atom stereocenters. The van der Waals surface area contributed by atoms with Gasteiger partial charge in [0.05, 0.1) is 0 Å². The summed E-state index contributed by atoms with van der Waals surface area (Å²) in [6.45, 7) is 8.52. The predicted molar refractivity (Wildman–Crippen MR) is 67.4 cm³/mol. The molecule has 0 aromatic heterocycles. The summed E-state index contributed by atoms with van der Waals surface area (Å²) in [4.78, 5) is 2.34. The molecule has 0 saturated heterocycles. The molecule has 0 bridgehead atoms. The summed E-state index contributed by atoms with van der Waals surface area (Å²) < 4.78 is 0. The van der Waals surface area contributed by atoms with Gasteiger partial charge in [-0.15, -0.1) is 0 Å². The van der Waals surface area contributed by atoms with Gasteiger partial charge in [0.1, 0.15) is 0 Å². The zero-order valence-electron chi connectivity index (χ0n) is 10.0. The van der Waals surface area contributed by atoms with Gasteiger partial charge in [0.2, 0.25) is 0 Å². The van der Waals surface area contributed by atoms with E-state index in [2.05, 4.69) is 43.0 Å². The zero-order valence-corrected chi connectivity index (χ0v) is 10.0. The number of benzene rings is 1. The molecule has 1 atom stereocenters. The highest BCUT2D eigenvalue weighted by atomic mass is 15.1. The van der Waals surface area contributed by atoms with Crippen molar-refractivity contribution in [2.45, 2.75) is 33.2 Å². The average Bonchev–Trinajstić information content (AvgIpc) is 2.21. The fourth-order valence-corrected chi connectivity index (χ4v) is 1.80. The van der Waals surface area contributed by atoms with Gasteiger partial charge >= 0.3 is 0 Å². The van der Waals surface area contributed by atoms with Crippen LogP contribution in [0.5, 0.6) is 0 Å². The lowest BCUT2D eigenvalue weighted by molar-refractivity contribution is 0.738. The lowest BCUT2D eigenvalue weighted by Gasteiger charge is -2.21. The summed E-state index contributed by atoms with van der Waals surface area (Å²) in [6, 6.07) is 8.97. The van der Waals surface area contributed by atoms with E-state index >= 15 is 0 Å². The van der Waals surface area contributed by atoms with Crippen LogP contribution in [0.2, 0.25) is 0 Å². The maximum absolute atomic E-state index is 5.76. The highest BCUT2D eigenvalue weighted by Crippen LogP contribution is 2.15. The van der Waals surface area contributed by atoms with E-state index in [9.17, 15) is 0 Å². The van der Waals surface area contributed by atoms with Crippen LogP contribution in [0.25, 0.3) is 0 Å². The lowest BCUT2D eigenvalue weighted by Crippen LogP contribution is -2.22. The van der Waals surface area contributed by atoms with Crippen molar-refractivity contribution in [3.63, 3.8) is 0 Å². The third-order valence-electron chi connectivity index (χ3n) is 2.62. The fourth-order valence-electron chi connectivity index (χ4n) is 1.80. The third kappa shape index (κ3) is 3.56. The number of rotatable bonds is 5. The van der Waals surface area contributed by atoms with Gasteiger partial charge in [-0.2, -0.15) is 0 Å². The number of nitrogens with zero attached hydrogens (tertiary/aromatic N) is 1. The molecule has 0 aliphatic rings. The van der Waals surface area contributed by atoms with Crippen LogP contribution < -0.4 is 10.6 Å². The minimum absolute atomic E-state index is 0.240. The second-order valence-corrected chi connectivity index (χ2v) is 4.02. The van der Waals surface area contributed by atoms with Crippen LogP contribution in [0.15, 0.2) is 24.3 Å². The smallest absolute Gasteiger partial charge is 0.0366 e. The Morgan fingerprint density at radius 3 is 2.07 bits per heavy atom. The Kier molecular flexibility index (Phi) is 4.63. The minimum atomic E-state index is 0.240. The molecule has 2 heteroatoms. The van der Waals surface area contributed by atoms with Crippen LogP contribution in [0.4, 0.5) is 5.69 Å². The van der Waals surface area contributed by atoms with Crippen LogP contribution in [0.1, 0.15) is 26.3 Å². The Labute approximate surface area is 93.1 Å². The summed E-state index contributed by atoms with van der Waals surface area (Å²) in [7, 11) is 0. The Balaban J connectivity index is 2.71. The number of hydrogen-bond acceptors (Lipinski definition) is 2. The molecular formula is C13H22N2. The van der Waals surface area contributed by atoms with Crippen LogP contribution in [0.3, 0.4) is 0 Å². The van der Waals surface area contributed by atoms with Crippen LogP contribution in [-0.4, -0.2) is 19.1 Å². The molecule has 0 radical (unpaired) electrons. The van der Waals surface area contributed by atoms with Gasteiger partial charge in [0, 0.05) is 24.8 Å². The molecule has 1 rings (SSSR count). The summed E-state index contributed by atoms with van der Waals surface area (Å²) >= 11 is 0. The molecule has 0 fully saturated rings. The van der Waals surface area contributed by atoms with Crippen molar-refractivity contribution in [3.05, 3.63) is 29.8 Å². The van der Waals surface area contributed by atoms with Crippen molar-refractivity contribution in [1.82, 2.24) is 0 Å². The Morgan fingerprint density at radius 2 is 1.67 bits per heavy atom. The highest BCUT2D eigenvalue weighted by molar-refractivity contribution is 5.47. The fraction of sp³-hybridized carbons (Fsp3) is 0.538. The maximum Gasteiger partial charge on any atom is 0.0366 e. The molecule has 0 spiro atoms. The Morgan fingerprint density at radius 1 is 1.13 bits per heavy atom. The van der Waals surface area contributed by atoms with Crippen molar-refractivity contribution in [2.75, 3.05) is 18.0 Å². The first-order valence-electron chi connectivity index (χ1n) is 5.76. The van der Waals surface area contributed by atoms with Crippen molar-refractivity contribution in [3.8, 4) is 0 Å². The largest absolute Gasteiger partial charge is 0.372 e. The summed E-state index contributed by atoms with van der Waals surface area (Å²) in [6.07, 6.45) is 0.957. The molecule has 15 heavy (non-hydrogen) atoms. The standard InChI is InChI=1S/C13H22N2/c1-4-15(5-2)13-8-6-12(7-9-13)10-11(3)14/h6-9,11H,4-5,10,14H2,1-3H3. The Bertz CT molecular complexity index is 273. The Hall–Kier alpha value is -1.02.